The van der Waals surface area contributed by atoms with Crippen molar-refractivity contribution in [3.63, 3.8) is 0 Å². The lowest BCUT2D eigenvalue weighted by atomic mass is 9.65. The molecule has 7 heteroatoms. The Balaban J connectivity index is 1.33. The van der Waals surface area contributed by atoms with Crippen molar-refractivity contribution in [2.75, 3.05) is 6.61 Å². The lowest BCUT2D eigenvalue weighted by Gasteiger charge is -2.38. The molecule has 0 radical (unpaired) electrons. The molecule has 30 heavy (non-hydrogen) atoms. The molecule has 1 aliphatic heterocycles. The molecule has 158 valence electrons. The number of hydrogen-bond acceptors (Lipinski definition) is 2. The van der Waals surface area contributed by atoms with Crippen molar-refractivity contribution in [3.8, 4) is 5.75 Å². The van der Waals surface area contributed by atoms with Crippen LogP contribution in [0.1, 0.15) is 55.5 Å². The summed E-state index contributed by atoms with van der Waals surface area (Å²) in [5.74, 6) is 2.09. The van der Waals surface area contributed by atoms with Crippen LogP contribution < -0.4 is 4.74 Å². The third-order valence-electron chi connectivity index (χ3n) is 6.97. The Morgan fingerprint density at radius 2 is 1.93 bits per heavy atom. The predicted molar refractivity (Wildman–Crippen MR) is 110 cm³/mol. The van der Waals surface area contributed by atoms with Crippen molar-refractivity contribution >= 4 is 22.6 Å². The zero-order valence-electron chi connectivity index (χ0n) is 16.5. The molecule has 1 N–H and O–H groups in total. The number of hydrogen-bond donors (Lipinski definition) is 1. The minimum atomic E-state index is -4.35. The van der Waals surface area contributed by atoms with Gasteiger partial charge < -0.3 is 9.72 Å². The topological polar surface area (TPSA) is 37.9 Å². The highest BCUT2D eigenvalue weighted by Crippen LogP contribution is 2.52. The van der Waals surface area contributed by atoms with Crippen LogP contribution in [0.5, 0.6) is 5.75 Å². The molecule has 2 aromatic carbocycles. The molecule has 1 spiro atoms. The van der Waals surface area contributed by atoms with Crippen LogP contribution in [0.25, 0.3) is 11.0 Å². The Bertz CT molecular complexity index is 1100. The van der Waals surface area contributed by atoms with Crippen LogP contribution in [0.2, 0.25) is 5.02 Å². The molecule has 0 saturated heterocycles. The molecule has 2 aliphatic rings. The van der Waals surface area contributed by atoms with Crippen molar-refractivity contribution in [1.82, 2.24) is 9.97 Å². The zero-order chi connectivity index (χ0) is 21.1. The van der Waals surface area contributed by atoms with E-state index in [-0.39, 0.29) is 11.3 Å². The average molecular weight is 435 g/mol. The number of aromatic nitrogens is 2. The normalized spacial score (nSPS) is 24.8. The molecule has 1 fully saturated rings. The van der Waals surface area contributed by atoms with E-state index in [1.807, 2.05) is 18.2 Å². The number of halogens is 4. The summed E-state index contributed by atoms with van der Waals surface area (Å²) in [6.45, 7) is 2.66. The van der Waals surface area contributed by atoms with Gasteiger partial charge in [-0.1, -0.05) is 24.6 Å². The van der Waals surface area contributed by atoms with Gasteiger partial charge in [0.2, 0.25) is 0 Å². The van der Waals surface area contributed by atoms with E-state index in [9.17, 15) is 13.2 Å². The highest BCUT2D eigenvalue weighted by molar-refractivity contribution is 6.31. The second kappa shape index (κ2) is 6.91. The summed E-state index contributed by atoms with van der Waals surface area (Å²) >= 11 is 6.08. The molecule has 1 aromatic heterocycles. The minimum Gasteiger partial charge on any atom is -0.492 e. The number of H-pyrrole nitrogens is 1. The second-order valence-electron chi connectivity index (χ2n) is 8.69. The van der Waals surface area contributed by atoms with E-state index < -0.39 is 11.7 Å². The Kier molecular flexibility index (Phi) is 4.54. The van der Waals surface area contributed by atoms with Crippen LogP contribution in [0.3, 0.4) is 0 Å². The summed E-state index contributed by atoms with van der Waals surface area (Å²) in [5.41, 5.74) is 1.96. The fourth-order valence-corrected chi connectivity index (χ4v) is 5.27. The molecule has 0 unspecified atom stereocenters. The SMILES string of the molecule is C[C@H](c1nc2ccc(Cl)cc2[nH]1)C1CCC2(CC1)COc1cc(C(F)(F)F)ccc12. The van der Waals surface area contributed by atoms with E-state index >= 15 is 0 Å². The third-order valence-corrected chi connectivity index (χ3v) is 7.21. The molecule has 0 amide bonds. The summed E-state index contributed by atoms with van der Waals surface area (Å²) in [5, 5.41) is 0.679. The monoisotopic (exact) mass is 434 g/mol. The van der Waals surface area contributed by atoms with Gasteiger partial charge in [-0.15, -0.1) is 0 Å². The number of rotatable bonds is 2. The maximum absolute atomic E-state index is 13.0. The molecular formula is C23H22ClF3N2O. The first-order valence-electron chi connectivity index (χ1n) is 10.2. The molecule has 3 aromatic rings. The molecule has 0 bridgehead atoms. The highest BCUT2D eigenvalue weighted by Gasteiger charge is 2.45. The highest BCUT2D eigenvalue weighted by atomic mass is 35.5. The number of aromatic amines is 1. The number of fused-ring (bicyclic) bond motifs is 3. The van der Waals surface area contributed by atoms with Crippen molar-refractivity contribution in [1.29, 1.82) is 0 Å². The maximum atomic E-state index is 13.0. The van der Waals surface area contributed by atoms with E-state index in [0.29, 0.717) is 23.3 Å². The molecule has 1 saturated carbocycles. The van der Waals surface area contributed by atoms with Gasteiger partial charge in [0.25, 0.3) is 0 Å². The van der Waals surface area contributed by atoms with Crippen molar-refractivity contribution < 1.29 is 17.9 Å². The number of nitrogens with one attached hydrogen (secondary N) is 1. The van der Waals surface area contributed by atoms with Gasteiger partial charge in [-0.25, -0.2) is 4.98 Å². The van der Waals surface area contributed by atoms with Crippen molar-refractivity contribution in [2.24, 2.45) is 5.92 Å². The fraction of sp³-hybridized carbons (Fsp3) is 0.435. The minimum absolute atomic E-state index is 0.170. The molecule has 2 heterocycles. The molecule has 1 aliphatic carbocycles. The Labute approximate surface area is 177 Å². The van der Waals surface area contributed by atoms with E-state index in [4.69, 9.17) is 21.3 Å². The lowest BCUT2D eigenvalue weighted by molar-refractivity contribution is -0.137. The standard InChI is InChI=1S/C23H22ClF3N2O/c1-13(21-28-18-5-3-16(24)11-19(18)29-21)14-6-8-22(9-7-14)12-30-20-10-15(23(25,26)27)2-4-17(20)22/h2-5,10-11,13-14H,6-9,12H2,1H3,(H,28,29)/t13-,14?,22?/m0/s1. The van der Waals surface area contributed by atoms with Crippen LogP contribution in [-0.2, 0) is 11.6 Å². The zero-order valence-corrected chi connectivity index (χ0v) is 17.3. The lowest BCUT2D eigenvalue weighted by Crippen LogP contribution is -2.34. The Morgan fingerprint density at radius 3 is 2.67 bits per heavy atom. The maximum Gasteiger partial charge on any atom is 0.416 e. The van der Waals surface area contributed by atoms with E-state index in [2.05, 4.69) is 11.9 Å². The first-order valence-corrected chi connectivity index (χ1v) is 10.6. The van der Waals surface area contributed by atoms with Crippen LogP contribution in [0, 0.1) is 5.92 Å². The molecular weight excluding hydrogens is 413 g/mol. The smallest absolute Gasteiger partial charge is 0.416 e. The second-order valence-corrected chi connectivity index (χ2v) is 9.12. The summed E-state index contributed by atoms with van der Waals surface area (Å²) in [6.07, 6.45) is -0.553. The Hall–Kier alpha value is -2.21. The van der Waals surface area contributed by atoms with Crippen LogP contribution in [0.15, 0.2) is 36.4 Å². The fourth-order valence-electron chi connectivity index (χ4n) is 5.10. The summed E-state index contributed by atoms with van der Waals surface area (Å²) < 4.78 is 44.8. The average Bonchev–Trinajstić information content (AvgIpc) is 3.29. The summed E-state index contributed by atoms with van der Waals surface area (Å²) in [7, 11) is 0. The summed E-state index contributed by atoms with van der Waals surface area (Å²) in [4.78, 5) is 8.14. The van der Waals surface area contributed by atoms with Crippen LogP contribution in [0.4, 0.5) is 13.2 Å². The van der Waals surface area contributed by atoms with Gasteiger partial charge in [-0.05, 0) is 61.9 Å². The van der Waals surface area contributed by atoms with Crippen LogP contribution >= 0.6 is 11.6 Å². The van der Waals surface area contributed by atoms with Gasteiger partial charge >= 0.3 is 6.18 Å². The van der Waals surface area contributed by atoms with Gasteiger partial charge in [0.1, 0.15) is 11.6 Å². The first kappa shape index (κ1) is 19.7. The number of imidazole rings is 1. The number of ether oxygens (including phenoxy) is 1. The first-order chi connectivity index (χ1) is 14.2. The third kappa shape index (κ3) is 3.25. The van der Waals surface area contributed by atoms with Crippen LogP contribution in [-0.4, -0.2) is 16.6 Å². The quantitative estimate of drug-likeness (QED) is 0.478. The number of nitrogens with zero attached hydrogens (tertiary/aromatic N) is 1. The predicted octanol–water partition coefficient (Wildman–Crippen LogP) is 6.86. The largest absolute Gasteiger partial charge is 0.492 e. The Morgan fingerprint density at radius 1 is 1.17 bits per heavy atom. The number of benzene rings is 2. The molecule has 1 atom stereocenters. The van der Waals surface area contributed by atoms with E-state index in [0.717, 1.165) is 54.2 Å². The summed E-state index contributed by atoms with van der Waals surface area (Å²) in [6, 6.07) is 9.60. The van der Waals surface area contributed by atoms with Gasteiger partial charge in [0.05, 0.1) is 23.2 Å². The number of alkyl halides is 3. The van der Waals surface area contributed by atoms with Gasteiger partial charge in [0.15, 0.2) is 0 Å². The van der Waals surface area contributed by atoms with Gasteiger partial charge in [-0.2, -0.15) is 13.2 Å². The van der Waals surface area contributed by atoms with E-state index in [1.165, 1.54) is 6.07 Å². The van der Waals surface area contributed by atoms with E-state index in [1.54, 1.807) is 6.07 Å². The van der Waals surface area contributed by atoms with Gasteiger partial charge in [0, 0.05) is 21.9 Å². The van der Waals surface area contributed by atoms with Crippen molar-refractivity contribution in [2.45, 2.75) is 50.1 Å². The molecule has 5 rings (SSSR count). The van der Waals surface area contributed by atoms with Crippen molar-refractivity contribution in [3.05, 3.63) is 58.4 Å². The van der Waals surface area contributed by atoms with Gasteiger partial charge in [-0.3, -0.25) is 0 Å². The molecule has 3 nitrogen and oxygen atoms in total.